The monoisotopic (exact) mass is 267 g/mol. The minimum Gasteiger partial charge on any atom is -0.481 e. The smallest absolute Gasteiger partial charge is 0.303 e. The van der Waals surface area contributed by atoms with Crippen molar-refractivity contribution in [3.8, 4) is 6.07 Å². The van der Waals surface area contributed by atoms with Crippen LogP contribution >= 0.6 is 0 Å². The summed E-state index contributed by atoms with van der Waals surface area (Å²) in [6.45, 7) is 3.08. The summed E-state index contributed by atoms with van der Waals surface area (Å²) in [6.07, 6.45) is 4.96. The highest BCUT2D eigenvalue weighted by molar-refractivity contribution is 5.97. The highest BCUT2D eigenvalue weighted by Crippen LogP contribution is 1.94. The Kier molecular flexibility index (Phi) is 9.90. The number of carboxylic acid groups (broad SMARTS) is 1. The number of carboxylic acids is 1. The van der Waals surface area contributed by atoms with Crippen LogP contribution < -0.4 is 10.6 Å². The summed E-state index contributed by atoms with van der Waals surface area (Å²) in [7, 11) is 0. The molecule has 0 unspecified atom stereocenters. The number of amides is 1. The number of unbranched alkanes of at least 4 members (excludes halogenated alkanes) is 2. The zero-order valence-electron chi connectivity index (χ0n) is 11.2. The van der Waals surface area contributed by atoms with E-state index in [2.05, 4.69) is 17.6 Å². The van der Waals surface area contributed by atoms with Crippen LogP contribution in [0.25, 0.3) is 0 Å². The van der Waals surface area contributed by atoms with Gasteiger partial charge in [-0.05, 0) is 12.8 Å². The lowest BCUT2D eigenvalue weighted by Gasteiger charge is -2.04. The molecule has 0 saturated carbocycles. The van der Waals surface area contributed by atoms with Crippen LogP contribution in [0.4, 0.5) is 0 Å². The van der Waals surface area contributed by atoms with E-state index in [-0.39, 0.29) is 18.5 Å². The number of carbonyl (C=O) groups excluding carboxylic acids is 1. The summed E-state index contributed by atoms with van der Waals surface area (Å²) < 4.78 is 0. The number of rotatable bonds is 10. The van der Waals surface area contributed by atoms with Gasteiger partial charge in [-0.2, -0.15) is 5.26 Å². The molecule has 0 heterocycles. The normalized spacial score (nSPS) is 10.6. The third kappa shape index (κ3) is 9.65. The molecule has 0 aromatic carbocycles. The van der Waals surface area contributed by atoms with Crippen molar-refractivity contribution in [3.63, 3.8) is 0 Å². The number of nitrogens with one attached hydrogen (secondary N) is 2. The van der Waals surface area contributed by atoms with Crippen molar-refractivity contribution < 1.29 is 14.7 Å². The fourth-order valence-corrected chi connectivity index (χ4v) is 1.34. The van der Waals surface area contributed by atoms with Crippen LogP contribution in [0.15, 0.2) is 11.8 Å². The van der Waals surface area contributed by atoms with Gasteiger partial charge in [-0.3, -0.25) is 9.59 Å². The molecule has 0 rings (SSSR count). The standard InChI is InChI=1S/C13H21N3O3/c1-2-3-4-7-15-10-11(9-14)13(19)16-8-5-6-12(17)18/h10,15H,2-8H2,1H3,(H,16,19)(H,17,18)/b11-10-. The van der Waals surface area contributed by atoms with Crippen molar-refractivity contribution in [2.45, 2.75) is 39.0 Å². The van der Waals surface area contributed by atoms with Crippen molar-refractivity contribution in [2.75, 3.05) is 13.1 Å². The van der Waals surface area contributed by atoms with Gasteiger partial charge in [0.05, 0.1) is 0 Å². The second-order valence-corrected chi connectivity index (χ2v) is 4.08. The van der Waals surface area contributed by atoms with Crippen LogP contribution in [0.3, 0.4) is 0 Å². The van der Waals surface area contributed by atoms with Gasteiger partial charge < -0.3 is 15.7 Å². The molecule has 0 aliphatic carbocycles. The molecule has 0 bridgehead atoms. The average molecular weight is 267 g/mol. The number of hydrogen-bond donors (Lipinski definition) is 3. The molecule has 3 N–H and O–H groups in total. The fraction of sp³-hybridized carbons (Fsp3) is 0.615. The minimum atomic E-state index is -0.900. The summed E-state index contributed by atoms with van der Waals surface area (Å²) in [5.41, 5.74) is 0.00632. The maximum Gasteiger partial charge on any atom is 0.303 e. The molecule has 0 spiro atoms. The van der Waals surface area contributed by atoms with Crippen LogP contribution in [-0.4, -0.2) is 30.1 Å². The largest absolute Gasteiger partial charge is 0.481 e. The molecule has 0 fully saturated rings. The third-order valence-electron chi connectivity index (χ3n) is 2.39. The summed E-state index contributed by atoms with van der Waals surface area (Å²) in [4.78, 5) is 21.8. The summed E-state index contributed by atoms with van der Waals surface area (Å²) >= 11 is 0. The van der Waals surface area contributed by atoms with Crippen molar-refractivity contribution >= 4 is 11.9 Å². The van der Waals surface area contributed by atoms with Gasteiger partial charge in [-0.1, -0.05) is 19.8 Å². The zero-order chi connectivity index (χ0) is 14.5. The summed E-state index contributed by atoms with van der Waals surface area (Å²) in [5.74, 6) is -1.38. The van der Waals surface area contributed by atoms with Gasteiger partial charge in [-0.15, -0.1) is 0 Å². The first kappa shape index (κ1) is 17.0. The molecule has 0 aliphatic heterocycles. The Morgan fingerprint density at radius 2 is 2.00 bits per heavy atom. The minimum absolute atomic E-state index is 0.00114. The molecule has 0 aromatic rings. The van der Waals surface area contributed by atoms with E-state index in [4.69, 9.17) is 10.4 Å². The van der Waals surface area contributed by atoms with E-state index in [0.29, 0.717) is 6.42 Å². The highest BCUT2D eigenvalue weighted by atomic mass is 16.4. The Labute approximate surface area is 113 Å². The van der Waals surface area contributed by atoms with Gasteiger partial charge in [-0.25, -0.2) is 0 Å². The Balaban J connectivity index is 3.93. The molecular weight excluding hydrogens is 246 g/mol. The Hall–Kier alpha value is -2.03. The van der Waals surface area contributed by atoms with Crippen molar-refractivity contribution in [3.05, 3.63) is 11.8 Å². The molecule has 0 aliphatic rings. The first-order valence-corrected chi connectivity index (χ1v) is 6.45. The predicted molar refractivity (Wildman–Crippen MR) is 71.1 cm³/mol. The number of aliphatic carboxylic acids is 1. The van der Waals surface area contributed by atoms with Gasteiger partial charge in [0.25, 0.3) is 5.91 Å². The van der Waals surface area contributed by atoms with Gasteiger partial charge in [0.1, 0.15) is 11.6 Å². The lowest BCUT2D eigenvalue weighted by Crippen LogP contribution is -2.27. The van der Waals surface area contributed by atoms with E-state index in [1.807, 2.05) is 6.07 Å². The van der Waals surface area contributed by atoms with Crippen LogP contribution in [0.1, 0.15) is 39.0 Å². The van der Waals surface area contributed by atoms with E-state index in [1.54, 1.807) is 0 Å². The van der Waals surface area contributed by atoms with E-state index in [1.165, 1.54) is 6.20 Å². The Bertz CT molecular complexity index is 359. The molecule has 0 atom stereocenters. The molecule has 0 saturated heterocycles. The van der Waals surface area contributed by atoms with E-state index >= 15 is 0 Å². The molecule has 6 nitrogen and oxygen atoms in total. The Morgan fingerprint density at radius 3 is 2.58 bits per heavy atom. The molecule has 0 aromatic heterocycles. The molecule has 19 heavy (non-hydrogen) atoms. The van der Waals surface area contributed by atoms with E-state index < -0.39 is 11.9 Å². The molecule has 106 valence electrons. The van der Waals surface area contributed by atoms with Gasteiger partial charge >= 0.3 is 5.97 Å². The Morgan fingerprint density at radius 1 is 1.26 bits per heavy atom. The quantitative estimate of drug-likeness (QED) is 0.313. The third-order valence-corrected chi connectivity index (χ3v) is 2.39. The SMILES string of the molecule is CCCCCN/C=C(/C#N)C(=O)NCCCC(=O)O. The molecule has 6 heteroatoms. The number of nitriles is 1. The molecular formula is C13H21N3O3. The second-order valence-electron chi connectivity index (χ2n) is 4.08. The summed E-state index contributed by atoms with van der Waals surface area (Å²) in [5, 5.41) is 22.7. The first-order chi connectivity index (χ1) is 9.11. The number of hydrogen-bond acceptors (Lipinski definition) is 4. The fourth-order valence-electron chi connectivity index (χ4n) is 1.34. The van der Waals surface area contributed by atoms with E-state index in [9.17, 15) is 9.59 Å². The highest BCUT2D eigenvalue weighted by Gasteiger charge is 2.07. The van der Waals surface area contributed by atoms with Gasteiger partial charge in [0, 0.05) is 25.7 Å². The maximum absolute atomic E-state index is 11.5. The van der Waals surface area contributed by atoms with Crippen LogP contribution in [0, 0.1) is 11.3 Å². The first-order valence-electron chi connectivity index (χ1n) is 6.45. The molecule has 0 radical (unpaired) electrons. The van der Waals surface area contributed by atoms with Crippen molar-refractivity contribution in [2.24, 2.45) is 0 Å². The van der Waals surface area contributed by atoms with Crippen LogP contribution in [-0.2, 0) is 9.59 Å². The van der Waals surface area contributed by atoms with Crippen LogP contribution in [0.2, 0.25) is 0 Å². The van der Waals surface area contributed by atoms with Crippen molar-refractivity contribution in [1.82, 2.24) is 10.6 Å². The molecule has 1 amide bonds. The van der Waals surface area contributed by atoms with Gasteiger partial charge in [0.15, 0.2) is 0 Å². The topological polar surface area (TPSA) is 102 Å². The zero-order valence-corrected chi connectivity index (χ0v) is 11.2. The lowest BCUT2D eigenvalue weighted by atomic mass is 10.2. The number of nitrogens with zero attached hydrogens (tertiary/aromatic N) is 1. The summed E-state index contributed by atoms with van der Waals surface area (Å²) in [6, 6.07) is 1.81. The lowest BCUT2D eigenvalue weighted by molar-refractivity contribution is -0.137. The van der Waals surface area contributed by atoms with Crippen molar-refractivity contribution in [1.29, 1.82) is 5.26 Å². The predicted octanol–water partition coefficient (Wildman–Crippen LogP) is 1.15. The second kappa shape index (κ2) is 11.1. The maximum atomic E-state index is 11.5. The van der Waals surface area contributed by atoms with Crippen LogP contribution in [0.5, 0.6) is 0 Å². The number of carbonyl (C=O) groups is 2. The van der Waals surface area contributed by atoms with Gasteiger partial charge in [0.2, 0.25) is 0 Å². The van der Waals surface area contributed by atoms with E-state index in [0.717, 1.165) is 25.8 Å². The average Bonchev–Trinajstić information content (AvgIpc) is 2.38.